The van der Waals surface area contributed by atoms with E-state index in [2.05, 4.69) is 21.2 Å². The minimum absolute atomic E-state index is 0.467. The molecular formula is C10H8BrF4N. The molecule has 1 nitrogen and oxygen atoms in total. The van der Waals surface area contributed by atoms with Crippen LogP contribution in [0.25, 0.3) is 0 Å². The van der Waals surface area contributed by atoms with Crippen molar-refractivity contribution in [2.24, 2.45) is 0 Å². The maximum Gasteiger partial charge on any atom is 0.176 e. The molecule has 6 heteroatoms. The molecule has 1 fully saturated rings. The minimum atomic E-state index is -1.39. The number of hydrogen-bond donors (Lipinski definition) is 1. The lowest BCUT2D eigenvalue weighted by molar-refractivity contribution is 0.414. The van der Waals surface area contributed by atoms with E-state index in [1.165, 1.54) is 0 Å². The molecule has 1 aromatic carbocycles. The van der Waals surface area contributed by atoms with Gasteiger partial charge in [-0.1, -0.05) is 0 Å². The third-order valence-electron chi connectivity index (χ3n) is 2.65. The van der Waals surface area contributed by atoms with Crippen LogP contribution in [0.2, 0.25) is 0 Å². The van der Waals surface area contributed by atoms with Crippen LogP contribution in [0, 0.1) is 23.3 Å². The summed E-state index contributed by atoms with van der Waals surface area (Å²) in [5.41, 5.74) is -0.546. The standard InChI is InChI=1S/C10H8BrF4N/c11-6-9(14)7(12)5(8(13)10(6)15)4-2-1-3-16-4/h4,16H,1-3H2/t4-/m1/s1. The SMILES string of the molecule is Fc1c(F)c([C@H]2CCCN2)c(F)c(F)c1Br. The van der Waals surface area contributed by atoms with Crippen LogP contribution in [0.5, 0.6) is 0 Å². The van der Waals surface area contributed by atoms with E-state index >= 15 is 0 Å². The number of nitrogens with one attached hydrogen (secondary N) is 1. The maximum atomic E-state index is 13.5. The van der Waals surface area contributed by atoms with Crippen molar-refractivity contribution in [2.45, 2.75) is 18.9 Å². The van der Waals surface area contributed by atoms with Gasteiger partial charge in [-0.25, -0.2) is 17.6 Å². The molecule has 1 N–H and O–H groups in total. The molecule has 0 bridgehead atoms. The van der Waals surface area contributed by atoms with Gasteiger partial charge in [0.15, 0.2) is 23.3 Å². The van der Waals surface area contributed by atoms with E-state index in [9.17, 15) is 17.6 Å². The highest BCUT2D eigenvalue weighted by Crippen LogP contribution is 2.34. The molecule has 2 rings (SSSR count). The Morgan fingerprint density at radius 3 is 2.00 bits per heavy atom. The van der Waals surface area contributed by atoms with E-state index in [1.54, 1.807) is 0 Å². The number of halogens is 5. The van der Waals surface area contributed by atoms with Crippen molar-refractivity contribution in [2.75, 3.05) is 6.54 Å². The molecule has 0 radical (unpaired) electrons. The fraction of sp³-hybridized carbons (Fsp3) is 0.400. The molecule has 1 saturated heterocycles. The molecule has 1 heterocycles. The summed E-state index contributed by atoms with van der Waals surface area (Å²) in [6.45, 7) is 0.586. The Bertz CT molecular complexity index is 400. The van der Waals surface area contributed by atoms with E-state index in [0.717, 1.165) is 6.42 Å². The van der Waals surface area contributed by atoms with E-state index < -0.39 is 39.3 Å². The lowest BCUT2D eigenvalue weighted by atomic mass is 10.0. The molecule has 16 heavy (non-hydrogen) atoms. The largest absolute Gasteiger partial charge is 0.310 e. The second-order valence-electron chi connectivity index (χ2n) is 3.63. The summed E-state index contributed by atoms with van der Waals surface area (Å²) in [7, 11) is 0. The molecule has 88 valence electrons. The normalized spacial score (nSPS) is 20.4. The molecule has 0 spiro atoms. The van der Waals surface area contributed by atoms with Crippen molar-refractivity contribution in [1.29, 1.82) is 0 Å². The van der Waals surface area contributed by atoms with E-state index in [1.807, 2.05) is 0 Å². The monoisotopic (exact) mass is 297 g/mol. The van der Waals surface area contributed by atoms with Gasteiger partial charge in [0.25, 0.3) is 0 Å². The smallest absolute Gasteiger partial charge is 0.176 e. The van der Waals surface area contributed by atoms with Gasteiger partial charge in [-0.15, -0.1) is 0 Å². The van der Waals surface area contributed by atoms with Crippen LogP contribution in [0.4, 0.5) is 17.6 Å². The third kappa shape index (κ3) is 1.73. The van der Waals surface area contributed by atoms with E-state index in [0.29, 0.717) is 13.0 Å². The molecule has 0 saturated carbocycles. The van der Waals surface area contributed by atoms with Crippen LogP contribution < -0.4 is 5.32 Å². The second-order valence-corrected chi connectivity index (χ2v) is 4.43. The predicted molar refractivity (Wildman–Crippen MR) is 54.0 cm³/mol. The topological polar surface area (TPSA) is 12.0 Å². The molecular weight excluding hydrogens is 290 g/mol. The van der Waals surface area contributed by atoms with Crippen LogP contribution >= 0.6 is 15.9 Å². The summed E-state index contributed by atoms with van der Waals surface area (Å²) in [4.78, 5) is 0. The fourth-order valence-corrected chi connectivity index (χ4v) is 2.21. The Morgan fingerprint density at radius 1 is 1.00 bits per heavy atom. The Morgan fingerprint density at radius 2 is 1.56 bits per heavy atom. The van der Waals surface area contributed by atoms with Crippen molar-refractivity contribution < 1.29 is 17.6 Å². The number of rotatable bonds is 1. The quantitative estimate of drug-likeness (QED) is 0.476. The summed E-state index contributed by atoms with van der Waals surface area (Å²) < 4.78 is 52.7. The first-order chi connectivity index (χ1) is 7.54. The first-order valence-corrected chi connectivity index (χ1v) is 5.58. The Labute approximate surface area is 98.0 Å². The van der Waals surface area contributed by atoms with Gasteiger partial charge in [0.2, 0.25) is 0 Å². The molecule has 0 amide bonds. The van der Waals surface area contributed by atoms with Gasteiger partial charge in [-0.2, -0.15) is 0 Å². The zero-order valence-electron chi connectivity index (χ0n) is 8.09. The predicted octanol–water partition coefficient (Wildman–Crippen LogP) is 3.43. The van der Waals surface area contributed by atoms with Gasteiger partial charge in [-0.05, 0) is 35.3 Å². The van der Waals surface area contributed by atoms with Crippen molar-refractivity contribution >= 4 is 15.9 Å². The average molecular weight is 298 g/mol. The molecule has 0 aliphatic carbocycles. The number of hydrogen-bond acceptors (Lipinski definition) is 1. The van der Waals surface area contributed by atoms with Crippen LogP contribution in [-0.4, -0.2) is 6.54 Å². The minimum Gasteiger partial charge on any atom is -0.310 e. The summed E-state index contributed by atoms with van der Waals surface area (Å²) >= 11 is 2.47. The van der Waals surface area contributed by atoms with Crippen LogP contribution in [0.1, 0.15) is 24.4 Å². The molecule has 1 aliphatic rings. The molecule has 0 unspecified atom stereocenters. The Kier molecular flexibility index (Phi) is 3.21. The van der Waals surface area contributed by atoms with E-state index in [-0.39, 0.29) is 0 Å². The van der Waals surface area contributed by atoms with Gasteiger partial charge in [0, 0.05) is 11.6 Å². The average Bonchev–Trinajstić information content (AvgIpc) is 2.77. The van der Waals surface area contributed by atoms with Crippen molar-refractivity contribution in [3.63, 3.8) is 0 Å². The van der Waals surface area contributed by atoms with Crippen molar-refractivity contribution in [3.8, 4) is 0 Å². The zero-order valence-corrected chi connectivity index (χ0v) is 9.67. The van der Waals surface area contributed by atoms with Gasteiger partial charge in [0.05, 0.1) is 4.47 Å². The second kappa shape index (κ2) is 4.33. The lowest BCUT2D eigenvalue weighted by Crippen LogP contribution is -2.18. The third-order valence-corrected chi connectivity index (χ3v) is 3.35. The van der Waals surface area contributed by atoms with Gasteiger partial charge >= 0.3 is 0 Å². The van der Waals surface area contributed by atoms with Crippen LogP contribution in [0.15, 0.2) is 4.47 Å². The lowest BCUT2D eigenvalue weighted by Gasteiger charge is -2.14. The van der Waals surface area contributed by atoms with Crippen LogP contribution in [-0.2, 0) is 0 Å². The highest BCUT2D eigenvalue weighted by Gasteiger charge is 2.30. The maximum absolute atomic E-state index is 13.5. The molecule has 1 aliphatic heterocycles. The molecule has 1 aromatic rings. The fourth-order valence-electron chi connectivity index (χ4n) is 1.86. The first kappa shape index (κ1) is 11.9. The van der Waals surface area contributed by atoms with Gasteiger partial charge in [0.1, 0.15) is 0 Å². The van der Waals surface area contributed by atoms with E-state index in [4.69, 9.17) is 0 Å². The summed E-state index contributed by atoms with van der Waals surface area (Å²) in [5, 5.41) is 2.80. The molecule has 1 atom stereocenters. The zero-order chi connectivity index (χ0) is 11.9. The van der Waals surface area contributed by atoms with Crippen molar-refractivity contribution in [3.05, 3.63) is 33.3 Å². The van der Waals surface area contributed by atoms with Gasteiger partial charge < -0.3 is 5.32 Å². The summed E-state index contributed by atoms with van der Waals surface area (Å²) in [6, 6.07) is -0.655. The summed E-state index contributed by atoms with van der Waals surface area (Å²) in [5.74, 6) is -5.43. The Balaban J connectivity index is 2.59. The Hall–Kier alpha value is -0.620. The highest BCUT2D eigenvalue weighted by molar-refractivity contribution is 9.10. The van der Waals surface area contributed by atoms with Gasteiger partial charge in [-0.3, -0.25) is 0 Å². The van der Waals surface area contributed by atoms with Crippen LogP contribution in [0.3, 0.4) is 0 Å². The van der Waals surface area contributed by atoms with Crippen molar-refractivity contribution in [1.82, 2.24) is 5.32 Å². The molecule has 0 aromatic heterocycles. The highest BCUT2D eigenvalue weighted by atomic mass is 79.9. The first-order valence-electron chi connectivity index (χ1n) is 4.78. The summed E-state index contributed by atoms with van der Waals surface area (Å²) in [6.07, 6.45) is 1.19. The number of benzene rings is 1.